The van der Waals surface area contributed by atoms with Gasteiger partial charge < -0.3 is 19.5 Å². The van der Waals surface area contributed by atoms with Gasteiger partial charge in [0.25, 0.3) is 11.1 Å². The average molecular weight is 497 g/mol. The summed E-state index contributed by atoms with van der Waals surface area (Å²) < 4.78 is 16.0. The first-order chi connectivity index (χ1) is 16.9. The van der Waals surface area contributed by atoms with Crippen LogP contribution in [0.4, 0.5) is 4.79 Å². The summed E-state index contributed by atoms with van der Waals surface area (Å²) in [5.74, 6) is 0.589. The zero-order valence-corrected chi connectivity index (χ0v) is 20.9. The number of imide groups is 1. The third kappa shape index (κ3) is 6.45. The van der Waals surface area contributed by atoms with Crippen LogP contribution in [0.2, 0.25) is 0 Å². The molecule has 1 saturated heterocycles. The second-order valence-electron chi connectivity index (χ2n) is 7.51. The minimum atomic E-state index is -0.422. The van der Waals surface area contributed by atoms with Crippen LogP contribution in [0.1, 0.15) is 23.6 Å². The summed E-state index contributed by atoms with van der Waals surface area (Å²) in [4.78, 5) is 38.7. The van der Waals surface area contributed by atoms with Gasteiger partial charge in [0.2, 0.25) is 11.7 Å². The van der Waals surface area contributed by atoms with E-state index < -0.39 is 11.1 Å². The van der Waals surface area contributed by atoms with Crippen molar-refractivity contribution in [1.82, 2.24) is 10.2 Å². The van der Waals surface area contributed by atoms with Gasteiger partial charge in [0.15, 0.2) is 11.5 Å². The molecular formula is C26H28N2O6S. The number of methoxy groups -OCH3 is 3. The molecule has 1 aliphatic rings. The maximum absolute atomic E-state index is 12.8. The summed E-state index contributed by atoms with van der Waals surface area (Å²) in [6.07, 6.45) is 5.70. The number of ether oxygens (including phenoxy) is 3. The van der Waals surface area contributed by atoms with Crippen LogP contribution in [0.3, 0.4) is 0 Å². The summed E-state index contributed by atoms with van der Waals surface area (Å²) >= 11 is 0.842. The number of nitrogens with zero attached hydrogens (tertiary/aromatic N) is 1. The Balaban J connectivity index is 1.60. The van der Waals surface area contributed by atoms with Crippen molar-refractivity contribution >= 4 is 41.0 Å². The fraction of sp³-hybridized carbons (Fsp3) is 0.269. The van der Waals surface area contributed by atoms with Crippen molar-refractivity contribution in [3.05, 3.63) is 64.1 Å². The topological polar surface area (TPSA) is 94.2 Å². The lowest BCUT2D eigenvalue weighted by Crippen LogP contribution is -2.36. The number of carbonyl (C=O) groups excluding carboxylic acids is 3. The third-order valence-corrected chi connectivity index (χ3v) is 6.22. The van der Waals surface area contributed by atoms with Gasteiger partial charge >= 0.3 is 0 Å². The quantitative estimate of drug-likeness (QED) is 0.494. The van der Waals surface area contributed by atoms with Gasteiger partial charge in [-0.2, -0.15) is 0 Å². The maximum atomic E-state index is 12.8. The Morgan fingerprint density at radius 2 is 1.66 bits per heavy atom. The van der Waals surface area contributed by atoms with Crippen LogP contribution >= 0.6 is 11.8 Å². The van der Waals surface area contributed by atoms with Gasteiger partial charge in [-0.3, -0.25) is 19.3 Å². The largest absolute Gasteiger partial charge is 0.493 e. The van der Waals surface area contributed by atoms with Gasteiger partial charge in [-0.05, 0) is 59.2 Å². The molecule has 0 radical (unpaired) electrons. The van der Waals surface area contributed by atoms with Crippen molar-refractivity contribution in [2.45, 2.75) is 13.3 Å². The van der Waals surface area contributed by atoms with E-state index >= 15 is 0 Å². The fourth-order valence-electron chi connectivity index (χ4n) is 3.42. The van der Waals surface area contributed by atoms with Crippen molar-refractivity contribution in [3.63, 3.8) is 0 Å². The van der Waals surface area contributed by atoms with E-state index in [9.17, 15) is 14.4 Å². The lowest BCUT2D eigenvalue weighted by atomic mass is 10.1. The van der Waals surface area contributed by atoms with Gasteiger partial charge in [-0.1, -0.05) is 31.2 Å². The average Bonchev–Trinajstić information content (AvgIpc) is 3.14. The normalized spacial score (nSPS) is 14.6. The molecule has 35 heavy (non-hydrogen) atoms. The molecule has 0 saturated carbocycles. The van der Waals surface area contributed by atoms with E-state index in [-0.39, 0.29) is 23.9 Å². The molecule has 2 aromatic rings. The smallest absolute Gasteiger partial charge is 0.293 e. The Morgan fingerprint density at radius 3 is 2.23 bits per heavy atom. The Bertz CT molecular complexity index is 1130. The number of amides is 3. The van der Waals surface area contributed by atoms with Crippen LogP contribution in [0.5, 0.6) is 17.2 Å². The summed E-state index contributed by atoms with van der Waals surface area (Å²) in [6, 6.07) is 11.3. The zero-order chi connectivity index (χ0) is 25.4. The minimum Gasteiger partial charge on any atom is -0.493 e. The van der Waals surface area contributed by atoms with Crippen molar-refractivity contribution in [2.24, 2.45) is 0 Å². The second-order valence-corrected chi connectivity index (χ2v) is 8.50. The number of rotatable bonds is 10. The highest BCUT2D eigenvalue weighted by molar-refractivity contribution is 8.18. The molecule has 1 N–H and O–H groups in total. The monoisotopic (exact) mass is 496 g/mol. The van der Waals surface area contributed by atoms with E-state index in [0.29, 0.717) is 22.8 Å². The highest BCUT2D eigenvalue weighted by Gasteiger charge is 2.34. The van der Waals surface area contributed by atoms with Crippen LogP contribution in [-0.4, -0.2) is 56.4 Å². The fourth-order valence-corrected chi connectivity index (χ4v) is 4.28. The molecule has 0 bridgehead atoms. The predicted molar refractivity (Wildman–Crippen MR) is 137 cm³/mol. The Morgan fingerprint density at radius 1 is 1.00 bits per heavy atom. The molecule has 1 aliphatic heterocycles. The molecule has 0 aromatic heterocycles. The van der Waals surface area contributed by atoms with Gasteiger partial charge in [0, 0.05) is 19.2 Å². The third-order valence-electron chi connectivity index (χ3n) is 5.31. The molecule has 9 heteroatoms. The lowest BCUT2D eigenvalue weighted by molar-refractivity contribution is -0.123. The Hall–Kier alpha value is -3.72. The summed E-state index contributed by atoms with van der Waals surface area (Å²) in [5.41, 5.74) is 2.76. The number of carbonyl (C=O) groups is 3. The highest BCUT2D eigenvalue weighted by atomic mass is 32.2. The van der Waals surface area contributed by atoms with E-state index in [1.807, 2.05) is 24.3 Å². The Kier molecular flexibility index (Phi) is 8.97. The molecule has 2 aromatic carbocycles. The number of nitrogens with one attached hydrogen (secondary N) is 1. The lowest BCUT2D eigenvalue weighted by Gasteiger charge is -2.13. The van der Waals surface area contributed by atoms with Crippen LogP contribution in [-0.2, 0) is 16.0 Å². The summed E-state index contributed by atoms with van der Waals surface area (Å²) in [6.45, 7) is 2.30. The van der Waals surface area contributed by atoms with Crippen molar-refractivity contribution < 1.29 is 28.6 Å². The molecule has 184 valence electrons. The van der Waals surface area contributed by atoms with Crippen LogP contribution in [0, 0.1) is 0 Å². The molecule has 3 rings (SSSR count). The zero-order valence-electron chi connectivity index (χ0n) is 20.1. The van der Waals surface area contributed by atoms with E-state index in [0.717, 1.165) is 28.6 Å². The van der Waals surface area contributed by atoms with Crippen LogP contribution < -0.4 is 19.5 Å². The number of aryl methyl sites for hydroxylation is 1. The van der Waals surface area contributed by atoms with E-state index in [1.54, 1.807) is 24.3 Å². The van der Waals surface area contributed by atoms with Crippen LogP contribution in [0.15, 0.2) is 47.4 Å². The van der Waals surface area contributed by atoms with Crippen molar-refractivity contribution in [2.75, 3.05) is 34.4 Å². The standard InChI is InChI=1S/C26H28N2O6S/c1-5-17-6-8-18(9-7-17)10-11-23(29)27-12-13-28-25(30)22(35-26(28)31)16-19-14-20(32-2)24(34-4)21(15-19)33-3/h6-11,14-16H,5,12-13H2,1-4H3,(H,27,29)/b11-10+,22-16-. The predicted octanol–water partition coefficient (Wildman–Crippen LogP) is 4.14. The van der Waals surface area contributed by atoms with Gasteiger partial charge in [-0.25, -0.2) is 0 Å². The number of hydrogen-bond donors (Lipinski definition) is 1. The minimum absolute atomic E-state index is 0.0715. The van der Waals surface area contributed by atoms with Crippen molar-refractivity contribution in [1.29, 1.82) is 0 Å². The highest BCUT2D eigenvalue weighted by Crippen LogP contribution is 2.40. The first-order valence-electron chi connectivity index (χ1n) is 11.0. The SMILES string of the molecule is CCc1ccc(/C=C/C(=O)NCCN2C(=O)S/C(=C\c3cc(OC)c(OC)c(OC)c3)C2=O)cc1. The molecule has 0 unspecified atom stereocenters. The summed E-state index contributed by atoms with van der Waals surface area (Å²) in [7, 11) is 4.50. The van der Waals surface area contributed by atoms with E-state index in [1.165, 1.54) is 33.0 Å². The molecule has 0 aliphatic carbocycles. The molecule has 1 heterocycles. The summed E-state index contributed by atoms with van der Waals surface area (Å²) in [5, 5.41) is 2.31. The first-order valence-corrected chi connectivity index (χ1v) is 11.8. The Labute approximate surface area is 208 Å². The van der Waals surface area contributed by atoms with E-state index in [2.05, 4.69) is 12.2 Å². The molecule has 8 nitrogen and oxygen atoms in total. The van der Waals surface area contributed by atoms with Gasteiger partial charge in [0.1, 0.15) is 0 Å². The molecule has 3 amide bonds. The van der Waals surface area contributed by atoms with Crippen molar-refractivity contribution in [3.8, 4) is 17.2 Å². The van der Waals surface area contributed by atoms with Gasteiger partial charge in [0.05, 0.1) is 26.2 Å². The van der Waals surface area contributed by atoms with Crippen LogP contribution in [0.25, 0.3) is 12.2 Å². The maximum Gasteiger partial charge on any atom is 0.293 e. The van der Waals surface area contributed by atoms with E-state index in [4.69, 9.17) is 14.2 Å². The second kappa shape index (κ2) is 12.1. The number of thioether (sulfide) groups is 1. The molecule has 1 fully saturated rings. The van der Waals surface area contributed by atoms with Gasteiger partial charge in [-0.15, -0.1) is 0 Å². The first kappa shape index (κ1) is 25.9. The molecule has 0 atom stereocenters. The number of benzene rings is 2. The molecular weight excluding hydrogens is 468 g/mol. The number of hydrogen-bond acceptors (Lipinski definition) is 7. The molecule has 0 spiro atoms.